The molecule has 3 N–H and O–H groups in total. The molecule has 0 radical (unpaired) electrons. The summed E-state index contributed by atoms with van der Waals surface area (Å²) in [4.78, 5) is 24.5. The molecule has 1 rings (SSSR count). The highest BCUT2D eigenvalue weighted by Gasteiger charge is 2.17. The Bertz CT molecular complexity index is 528. The van der Waals surface area contributed by atoms with Gasteiger partial charge in [-0.25, -0.2) is 0 Å². The van der Waals surface area contributed by atoms with Crippen LogP contribution in [0.25, 0.3) is 0 Å². The lowest BCUT2D eigenvalue weighted by molar-refractivity contribution is -0.121. The van der Waals surface area contributed by atoms with Crippen LogP contribution >= 0.6 is 0 Å². The van der Waals surface area contributed by atoms with Crippen molar-refractivity contribution in [2.24, 2.45) is 0 Å². The number of hydrogen-bond acceptors (Lipinski definition) is 3. The lowest BCUT2D eigenvalue weighted by Gasteiger charge is -2.17. The van der Waals surface area contributed by atoms with E-state index in [4.69, 9.17) is 5.73 Å². The molecule has 0 aliphatic carbocycles. The van der Waals surface area contributed by atoms with E-state index in [1.165, 1.54) is 32.1 Å². The molecule has 0 fully saturated rings. The van der Waals surface area contributed by atoms with Crippen molar-refractivity contribution in [1.29, 1.82) is 0 Å². The fraction of sp³-hybridized carbons (Fsp3) is 0.619. The second kappa shape index (κ2) is 12.5. The summed E-state index contributed by atoms with van der Waals surface area (Å²) >= 11 is 0. The average Bonchev–Trinajstić information content (AvgIpc) is 2.60. The van der Waals surface area contributed by atoms with Gasteiger partial charge in [-0.3, -0.25) is 9.59 Å². The maximum Gasteiger partial charge on any atom is 0.220 e. The number of carbonyl (C=O) groups is 2. The molecule has 0 saturated heterocycles. The summed E-state index contributed by atoms with van der Waals surface area (Å²) in [6, 6.07) is 6.97. The molecule has 4 nitrogen and oxygen atoms in total. The Labute approximate surface area is 152 Å². The van der Waals surface area contributed by atoms with Crippen LogP contribution in [-0.4, -0.2) is 17.7 Å². The van der Waals surface area contributed by atoms with Gasteiger partial charge < -0.3 is 11.1 Å². The molecule has 0 bridgehead atoms. The van der Waals surface area contributed by atoms with E-state index in [-0.39, 0.29) is 17.7 Å². The van der Waals surface area contributed by atoms with Crippen LogP contribution in [0.2, 0.25) is 0 Å². The summed E-state index contributed by atoms with van der Waals surface area (Å²) in [5, 5.41) is 3.00. The van der Waals surface area contributed by atoms with Gasteiger partial charge in [0.05, 0.1) is 0 Å². The van der Waals surface area contributed by atoms with Crippen molar-refractivity contribution in [3.8, 4) is 0 Å². The Morgan fingerprint density at radius 1 is 1.00 bits per heavy atom. The van der Waals surface area contributed by atoms with Gasteiger partial charge in [-0.05, 0) is 25.0 Å². The second-order valence-electron chi connectivity index (χ2n) is 6.76. The van der Waals surface area contributed by atoms with E-state index in [0.717, 1.165) is 19.3 Å². The summed E-state index contributed by atoms with van der Waals surface area (Å²) in [5.74, 6) is 0.0374. The molecule has 0 spiro atoms. The van der Waals surface area contributed by atoms with Crippen LogP contribution in [0.3, 0.4) is 0 Å². The highest BCUT2D eigenvalue weighted by atomic mass is 16.1. The number of Topliss-reactive ketones (excluding diaryl/α,β-unsaturated/α-hetero) is 1. The van der Waals surface area contributed by atoms with E-state index in [9.17, 15) is 9.59 Å². The smallest absolute Gasteiger partial charge is 0.220 e. The van der Waals surface area contributed by atoms with E-state index in [1.54, 1.807) is 12.1 Å². The van der Waals surface area contributed by atoms with Crippen LogP contribution in [0.4, 0.5) is 5.69 Å². The zero-order valence-corrected chi connectivity index (χ0v) is 15.9. The molecule has 0 unspecified atom stereocenters. The first-order valence-corrected chi connectivity index (χ1v) is 9.75. The van der Waals surface area contributed by atoms with Gasteiger partial charge in [0.15, 0.2) is 5.78 Å². The van der Waals surface area contributed by atoms with Gasteiger partial charge in [0, 0.05) is 30.1 Å². The third kappa shape index (κ3) is 8.71. The van der Waals surface area contributed by atoms with Crippen LogP contribution in [0.1, 0.15) is 88.4 Å². The molecule has 140 valence electrons. The summed E-state index contributed by atoms with van der Waals surface area (Å²) in [6.07, 6.45) is 9.94. The van der Waals surface area contributed by atoms with Gasteiger partial charge in [-0.15, -0.1) is 0 Å². The van der Waals surface area contributed by atoms with Gasteiger partial charge in [-0.1, -0.05) is 64.5 Å². The van der Waals surface area contributed by atoms with Gasteiger partial charge in [0.2, 0.25) is 5.91 Å². The molecule has 0 aromatic heterocycles. The molecular formula is C21H34N2O2. The number of rotatable bonds is 13. The number of hydrogen-bond donors (Lipinski definition) is 2. The third-order valence-corrected chi connectivity index (χ3v) is 4.56. The molecule has 1 amide bonds. The topological polar surface area (TPSA) is 72.2 Å². The lowest BCUT2D eigenvalue weighted by atomic mass is 10.0. The van der Waals surface area contributed by atoms with E-state index in [2.05, 4.69) is 12.2 Å². The predicted octanol–water partition coefficient (Wildman–Crippen LogP) is 4.88. The molecule has 0 saturated carbocycles. The fourth-order valence-electron chi connectivity index (χ4n) is 2.92. The molecule has 1 aromatic rings. The van der Waals surface area contributed by atoms with E-state index in [0.29, 0.717) is 24.1 Å². The number of nitrogen functional groups attached to an aromatic ring is 1. The first-order valence-electron chi connectivity index (χ1n) is 9.75. The number of benzene rings is 1. The van der Waals surface area contributed by atoms with Crippen molar-refractivity contribution in [2.45, 2.75) is 84.1 Å². The summed E-state index contributed by atoms with van der Waals surface area (Å²) < 4.78 is 0. The van der Waals surface area contributed by atoms with Crippen molar-refractivity contribution < 1.29 is 9.59 Å². The third-order valence-electron chi connectivity index (χ3n) is 4.56. The SMILES string of the molecule is CCCCCCCCCC(=O)N[C@H](CC)CC(=O)c1ccccc1N. The zero-order chi connectivity index (χ0) is 18.5. The van der Waals surface area contributed by atoms with Crippen LogP contribution < -0.4 is 11.1 Å². The maximum absolute atomic E-state index is 12.4. The molecule has 0 aliphatic heterocycles. The fourth-order valence-corrected chi connectivity index (χ4v) is 2.92. The minimum absolute atomic E-state index is 0.0128. The maximum atomic E-state index is 12.4. The highest BCUT2D eigenvalue weighted by Crippen LogP contribution is 2.15. The van der Waals surface area contributed by atoms with Crippen LogP contribution in [0, 0.1) is 0 Å². The molecule has 0 aliphatic rings. The second-order valence-corrected chi connectivity index (χ2v) is 6.76. The molecule has 1 atom stereocenters. The van der Waals surface area contributed by atoms with Crippen molar-refractivity contribution >= 4 is 17.4 Å². The molecule has 0 heterocycles. The number of amides is 1. The Balaban J connectivity index is 2.29. The van der Waals surface area contributed by atoms with E-state index >= 15 is 0 Å². The van der Waals surface area contributed by atoms with Crippen LogP contribution in [0.15, 0.2) is 24.3 Å². The van der Waals surface area contributed by atoms with Gasteiger partial charge >= 0.3 is 0 Å². The zero-order valence-electron chi connectivity index (χ0n) is 15.9. The molecular weight excluding hydrogens is 312 g/mol. The minimum Gasteiger partial charge on any atom is -0.398 e. The summed E-state index contributed by atoms with van der Waals surface area (Å²) in [5.41, 5.74) is 6.90. The number of unbranched alkanes of at least 4 members (excludes halogenated alkanes) is 6. The van der Waals surface area contributed by atoms with Crippen molar-refractivity contribution in [3.05, 3.63) is 29.8 Å². The quantitative estimate of drug-likeness (QED) is 0.304. The number of carbonyl (C=O) groups excluding carboxylic acids is 2. The average molecular weight is 347 g/mol. The molecule has 4 heteroatoms. The normalized spacial score (nSPS) is 11.9. The minimum atomic E-state index is -0.121. The number of anilines is 1. The number of para-hydroxylation sites is 1. The number of ketones is 1. The summed E-state index contributed by atoms with van der Waals surface area (Å²) in [6.45, 7) is 4.20. The lowest BCUT2D eigenvalue weighted by Crippen LogP contribution is -2.36. The Morgan fingerprint density at radius 2 is 1.64 bits per heavy atom. The highest BCUT2D eigenvalue weighted by molar-refractivity contribution is 6.01. The Hall–Kier alpha value is -1.84. The van der Waals surface area contributed by atoms with Crippen molar-refractivity contribution in [1.82, 2.24) is 5.32 Å². The van der Waals surface area contributed by atoms with E-state index < -0.39 is 0 Å². The molecule has 1 aromatic carbocycles. The number of nitrogens with two attached hydrogens (primary N) is 1. The number of nitrogens with one attached hydrogen (secondary N) is 1. The molecule has 25 heavy (non-hydrogen) atoms. The first kappa shape index (κ1) is 21.2. The van der Waals surface area contributed by atoms with E-state index in [1.807, 2.05) is 19.1 Å². The van der Waals surface area contributed by atoms with Crippen molar-refractivity contribution in [2.75, 3.05) is 5.73 Å². The predicted molar refractivity (Wildman–Crippen MR) is 105 cm³/mol. The first-order chi connectivity index (χ1) is 12.1. The van der Waals surface area contributed by atoms with Crippen molar-refractivity contribution in [3.63, 3.8) is 0 Å². The standard InChI is InChI=1S/C21H34N2O2/c1-3-5-6-7-8-9-10-15-21(25)23-17(4-2)16-20(24)18-13-11-12-14-19(18)22/h11-14,17H,3-10,15-16,22H2,1-2H3,(H,23,25)/t17-/m1/s1. The van der Waals surface area contributed by atoms with Crippen LogP contribution in [0.5, 0.6) is 0 Å². The van der Waals surface area contributed by atoms with Gasteiger partial charge in [-0.2, -0.15) is 0 Å². The van der Waals surface area contributed by atoms with Gasteiger partial charge in [0.25, 0.3) is 0 Å². The summed E-state index contributed by atoms with van der Waals surface area (Å²) in [7, 11) is 0. The Kier molecular flexibility index (Phi) is 10.6. The van der Waals surface area contributed by atoms with Crippen LogP contribution in [-0.2, 0) is 4.79 Å². The van der Waals surface area contributed by atoms with Gasteiger partial charge in [0.1, 0.15) is 0 Å². The monoisotopic (exact) mass is 346 g/mol. The largest absolute Gasteiger partial charge is 0.398 e. The Morgan fingerprint density at radius 3 is 2.28 bits per heavy atom.